The number of halogens is 3. The smallest absolute Gasteiger partial charge is 0.390 e. The van der Waals surface area contributed by atoms with Crippen molar-refractivity contribution in [3.8, 4) is 11.5 Å². The molecule has 0 aromatic heterocycles. The van der Waals surface area contributed by atoms with Gasteiger partial charge in [0, 0.05) is 24.8 Å². The largest absolute Gasteiger partial charge is 0.478 e. The lowest BCUT2D eigenvalue weighted by molar-refractivity contribution is -0.141. The molecule has 7 nitrogen and oxygen atoms in total. The second kappa shape index (κ2) is 13.5. The van der Waals surface area contributed by atoms with Gasteiger partial charge in [-0.1, -0.05) is 30.3 Å². The molecular weight excluding hydrogens is 523 g/mol. The standard InChI is InChI=1S/C30H32F3N3O4/c31-30(32,33)16-19-36(25-14-17-35(18-15-25)20-22-6-8-23(9-7-22)29(38)39)21-28(37)34-24-10-12-27(13-11-24)40-26-4-2-1-3-5-26/h1-13,25H,14-21H2,(H,34,37)(H,38,39). The Balaban J connectivity index is 1.31. The SMILES string of the molecule is O=C(CN(CCC(F)(F)F)C1CCN(Cc2ccc(C(=O)O)cc2)CC1)Nc1ccc(Oc2ccccc2)cc1. The number of carboxylic acids is 1. The number of amides is 1. The first kappa shape index (κ1) is 29.1. The van der Waals surface area contributed by atoms with Crippen LogP contribution < -0.4 is 10.1 Å². The summed E-state index contributed by atoms with van der Waals surface area (Å²) in [6, 6.07) is 22.6. The molecule has 1 aliphatic rings. The number of nitrogens with zero attached hydrogens (tertiary/aromatic N) is 2. The van der Waals surface area contributed by atoms with E-state index in [-0.39, 0.29) is 30.6 Å². The van der Waals surface area contributed by atoms with E-state index in [9.17, 15) is 22.8 Å². The fourth-order valence-corrected chi connectivity index (χ4v) is 4.73. The van der Waals surface area contributed by atoms with Crippen LogP contribution in [0.1, 0.15) is 35.2 Å². The minimum absolute atomic E-state index is 0.139. The summed E-state index contributed by atoms with van der Waals surface area (Å²) in [5.41, 5.74) is 1.72. The van der Waals surface area contributed by atoms with Gasteiger partial charge in [0.15, 0.2) is 0 Å². The minimum atomic E-state index is -4.31. The molecule has 3 aromatic rings. The molecule has 1 aliphatic heterocycles. The van der Waals surface area contributed by atoms with Gasteiger partial charge in [-0.15, -0.1) is 0 Å². The number of alkyl halides is 3. The van der Waals surface area contributed by atoms with Gasteiger partial charge in [-0.3, -0.25) is 14.6 Å². The maximum atomic E-state index is 13.1. The highest BCUT2D eigenvalue weighted by Gasteiger charge is 2.32. The number of hydrogen-bond donors (Lipinski definition) is 2. The number of anilines is 1. The molecule has 0 unspecified atom stereocenters. The third kappa shape index (κ3) is 9.10. The molecule has 1 fully saturated rings. The summed E-state index contributed by atoms with van der Waals surface area (Å²) in [5.74, 6) is -0.0772. The summed E-state index contributed by atoms with van der Waals surface area (Å²) in [6.45, 7) is 1.57. The van der Waals surface area contributed by atoms with Gasteiger partial charge in [-0.05, 0) is 80.0 Å². The lowest BCUT2D eigenvalue weighted by Gasteiger charge is -2.38. The van der Waals surface area contributed by atoms with Crippen LogP contribution in [0, 0.1) is 0 Å². The zero-order chi connectivity index (χ0) is 28.5. The Morgan fingerprint density at radius 3 is 2.15 bits per heavy atom. The molecule has 1 amide bonds. The second-order valence-corrected chi connectivity index (χ2v) is 9.83. The summed E-state index contributed by atoms with van der Waals surface area (Å²) in [4.78, 5) is 27.7. The number of benzene rings is 3. The lowest BCUT2D eigenvalue weighted by atomic mass is 10.0. The first-order valence-corrected chi connectivity index (χ1v) is 13.1. The number of aromatic carboxylic acids is 1. The van der Waals surface area contributed by atoms with Crippen LogP contribution in [0.3, 0.4) is 0 Å². The van der Waals surface area contributed by atoms with Crippen LogP contribution in [0.15, 0.2) is 78.9 Å². The summed E-state index contributed by atoms with van der Waals surface area (Å²) in [6.07, 6.45) is -4.04. The van der Waals surface area contributed by atoms with E-state index < -0.39 is 18.6 Å². The van der Waals surface area contributed by atoms with Gasteiger partial charge in [0.1, 0.15) is 11.5 Å². The number of rotatable bonds is 11. The van der Waals surface area contributed by atoms with E-state index in [4.69, 9.17) is 9.84 Å². The summed E-state index contributed by atoms with van der Waals surface area (Å²) in [5, 5.41) is 11.8. The van der Waals surface area contributed by atoms with Crippen molar-refractivity contribution in [2.75, 3.05) is 31.5 Å². The zero-order valence-corrected chi connectivity index (χ0v) is 21.9. The van der Waals surface area contributed by atoms with E-state index in [0.717, 1.165) is 5.56 Å². The summed E-state index contributed by atoms with van der Waals surface area (Å²) >= 11 is 0. The van der Waals surface area contributed by atoms with Gasteiger partial charge < -0.3 is 15.2 Å². The van der Waals surface area contributed by atoms with Crippen LogP contribution in [-0.2, 0) is 11.3 Å². The van der Waals surface area contributed by atoms with Crippen LogP contribution in [0.4, 0.5) is 18.9 Å². The molecule has 40 heavy (non-hydrogen) atoms. The van der Waals surface area contributed by atoms with E-state index in [1.165, 1.54) is 0 Å². The highest BCUT2D eigenvalue weighted by Crippen LogP contribution is 2.25. The number of hydrogen-bond acceptors (Lipinski definition) is 5. The van der Waals surface area contributed by atoms with Gasteiger partial charge in [0.2, 0.25) is 5.91 Å². The number of carboxylic acid groups (broad SMARTS) is 1. The molecule has 1 heterocycles. The van der Waals surface area contributed by atoms with E-state index in [1.807, 2.05) is 30.3 Å². The Labute approximate surface area is 231 Å². The van der Waals surface area contributed by atoms with Crippen molar-refractivity contribution in [3.63, 3.8) is 0 Å². The molecule has 3 aromatic carbocycles. The number of nitrogens with one attached hydrogen (secondary N) is 1. The fourth-order valence-electron chi connectivity index (χ4n) is 4.73. The predicted molar refractivity (Wildman–Crippen MR) is 146 cm³/mol. The lowest BCUT2D eigenvalue weighted by Crippen LogP contribution is -2.48. The van der Waals surface area contributed by atoms with Crippen molar-refractivity contribution in [3.05, 3.63) is 90.0 Å². The molecule has 1 saturated heterocycles. The van der Waals surface area contributed by atoms with Crippen LogP contribution >= 0.6 is 0 Å². The topological polar surface area (TPSA) is 82.1 Å². The first-order valence-electron chi connectivity index (χ1n) is 13.1. The van der Waals surface area contributed by atoms with Crippen LogP contribution in [0.25, 0.3) is 0 Å². The first-order chi connectivity index (χ1) is 19.1. The van der Waals surface area contributed by atoms with Gasteiger partial charge in [-0.25, -0.2) is 4.79 Å². The number of para-hydroxylation sites is 1. The third-order valence-electron chi connectivity index (χ3n) is 6.83. The summed E-state index contributed by atoms with van der Waals surface area (Å²) in [7, 11) is 0. The average molecular weight is 556 g/mol. The maximum absolute atomic E-state index is 13.1. The predicted octanol–water partition coefficient (Wildman–Crippen LogP) is 6.03. The van der Waals surface area contributed by atoms with Gasteiger partial charge in [0.25, 0.3) is 0 Å². The van der Waals surface area contributed by atoms with Crippen molar-refractivity contribution in [2.45, 2.75) is 38.0 Å². The van der Waals surface area contributed by atoms with Crippen molar-refractivity contribution < 1.29 is 32.6 Å². The molecular formula is C30H32F3N3O4. The van der Waals surface area contributed by atoms with Gasteiger partial charge >= 0.3 is 12.1 Å². The maximum Gasteiger partial charge on any atom is 0.390 e. The summed E-state index contributed by atoms with van der Waals surface area (Å²) < 4.78 is 44.9. The van der Waals surface area contributed by atoms with Crippen LogP contribution in [-0.4, -0.2) is 65.2 Å². The molecule has 0 radical (unpaired) electrons. The Hall–Kier alpha value is -3.89. The van der Waals surface area contributed by atoms with E-state index in [1.54, 1.807) is 53.4 Å². The molecule has 212 valence electrons. The quantitative estimate of drug-likeness (QED) is 0.301. The molecule has 0 spiro atoms. The Morgan fingerprint density at radius 1 is 0.925 bits per heavy atom. The third-order valence-corrected chi connectivity index (χ3v) is 6.83. The number of carbonyl (C=O) groups is 2. The molecule has 10 heteroatoms. The number of carbonyl (C=O) groups excluding carboxylic acids is 1. The zero-order valence-electron chi connectivity index (χ0n) is 21.9. The molecule has 0 bridgehead atoms. The average Bonchev–Trinajstić information content (AvgIpc) is 2.93. The van der Waals surface area contributed by atoms with Gasteiger partial charge in [-0.2, -0.15) is 13.2 Å². The highest BCUT2D eigenvalue weighted by molar-refractivity contribution is 5.92. The molecule has 2 N–H and O–H groups in total. The fraction of sp³-hybridized carbons (Fsp3) is 0.333. The van der Waals surface area contributed by atoms with Crippen molar-refractivity contribution in [1.29, 1.82) is 0 Å². The Bertz CT molecular complexity index is 1240. The van der Waals surface area contributed by atoms with Crippen molar-refractivity contribution in [1.82, 2.24) is 9.80 Å². The van der Waals surface area contributed by atoms with Gasteiger partial charge in [0.05, 0.1) is 18.5 Å². The van der Waals surface area contributed by atoms with E-state index in [0.29, 0.717) is 49.7 Å². The van der Waals surface area contributed by atoms with E-state index >= 15 is 0 Å². The second-order valence-electron chi connectivity index (χ2n) is 9.83. The number of piperidine rings is 1. The molecule has 0 aliphatic carbocycles. The van der Waals surface area contributed by atoms with E-state index in [2.05, 4.69) is 10.2 Å². The van der Waals surface area contributed by atoms with Crippen LogP contribution in [0.2, 0.25) is 0 Å². The minimum Gasteiger partial charge on any atom is -0.478 e. The van der Waals surface area contributed by atoms with Crippen molar-refractivity contribution in [2.24, 2.45) is 0 Å². The Kier molecular flexibility index (Phi) is 9.79. The molecule has 0 saturated carbocycles. The van der Waals surface area contributed by atoms with Crippen molar-refractivity contribution >= 4 is 17.6 Å². The normalized spacial score (nSPS) is 14.7. The Morgan fingerprint density at radius 2 is 1.55 bits per heavy atom. The highest BCUT2D eigenvalue weighted by atomic mass is 19.4. The molecule has 0 atom stereocenters. The van der Waals surface area contributed by atoms with Crippen LogP contribution in [0.5, 0.6) is 11.5 Å². The number of ether oxygens (including phenoxy) is 1. The molecule has 4 rings (SSSR count). The monoisotopic (exact) mass is 555 g/mol. The number of likely N-dealkylation sites (tertiary alicyclic amines) is 1.